The number of fused-ring (bicyclic) bond motifs is 1. The van der Waals surface area contributed by atoms with Gasteiger partial charge in [0.2, 0.25) is 0 Å². The Morgan fingerprint density at radius 2 is 2.12 bits per heavy atom. The molecule has 0 saturated carbocycles. The van der Waals surface area contributed by atoms with E-state index in [1.807, 2.05) is 0 Å². The van der Waals surface area contributed by atoms with E-state index in [0.29, 0.717) is 12.1 Å². The van der Waals surface area contributed by atoms with E-state index in [-0.39, 0.29) is 6.04 Å². The van der Waals surface area contributed by atoms with Crippen LogP contribution in [0.15, 0.2) is 24.3 Å². The summed E-state index contributed by atoms with van der Waals surface area (Å²) in [6.07, 6.45) is 2.06. The summed E-state index contributed by atoms with van der Waals surface area (Å²) in [4.78, 5) is 0. The molecule has 1 aromatic rings. The van der Waals surface area contributed by atoms with E-state index in [2.05, 4.69) is 36.5 Å². The molecule has 1 aromatic carbocycles. The lowest BCUT2D eigenvalue weighted by Crippen LogP contribution is -2.35. The molecule has 0 saturated heterocycles. The Morgan fingerprint density at radius 1 is 1.41 bits per heavy atom. The van der Waals surface area contributed by atoms with Gasteiger partial charge < -0.3 is 15.8 Å². The lowest BCUT2D eigenvalue weighted by molar-refractivity contribution is 0.158. The molecule has 0 heterocycles. The zero-order valence-corrected chi connectivity index (χ0v) is 10.6. The molecule has 0 aliphatic heterocycles. The maximum atomic E-state index is 6.16. The summed E-state index contributed by atoms with van der Waals surface area (Å²) in [5.74, 6) is 0. The van der Waals surface area contributed by atoms with Gasteiger partial charge in [0.05, 0.1) is 6.61 Å². The molecule has 3 atom stereocenters. The van der Waals surface area contributed by atoms with Crippen molar-refractivity contribution in [1.82, 2.24) is 5.32 Å². The molecular weight excluding hydrogens is 212 g/mol. The van der Waals surface area contributed by atoms with Crippen LogP contribution in [0.2, 0.25) is 0 Å². The third-order valence-corrected chi connectivity index (χ3v) is 3.56. The summed E-state index contributed by atoms with van der Waals surface area (Å²) in [5.41, 5.74) is 8.80. The SMILES string of the molecule is CCC(COC)NC1CC(N)c2ccccc21. The van der Waals surface area contributed by atoms with E-state index in [9.17, 15) is 0 Å². The zero-order chi connectivity index (χ0) is 12.3. The van der Waals surface area contributed by atoms with Gasteiger partial charge in [-0.3, -0.25) is 0 Å². The van der Waals surface area contributed by atoms with Gasteiger partial charge in [-0.2, -0.15) is 0 Å². The van der Waals surface area contributed by atoms with Crippen LogP contribution in [0.1, 0.15) is 43.0 Å². The van der Waals surface area contributed by atoms with Gasteiger partial charge in [0, 0.05) is 25.2 Å². The topological polar surface area (TPSA) is 47.3 Å². The third-order valence-electron chi connectivity index (χ3n) is 3.56. The van der Waals surface area contributed by atoms with Crippen LogP contribution in [0.5, 0.6) is 0 Å². The fraction of sp³-hybridized carbons (Fsp3) is 0.571. The van der Waals surface area contributed by atoms with Gasteiger partial charge in [0.25, 0.3) is 0 Å². The van der Waals surface area contributed by atoms with Gasteiger partial charge in [-0.1, -0.05) is 31.2 Å². The smallest absolute Gasteiger partial charge is 0.0615 e. The Bertz CT molecular complexity index is 367. The highest BCUT2D eigenvalue weighted by Crippen LogP contribution is 2.37. The normalized spacial score (nSPS) is 24.6. The molecule has 0 bridgehead atoms. The summed E-state index contributed by atoms with van der Waals surface area (Å²) in [5, 5.41) is 3.65. The fourth-order valence-electron chi connectivity index (χ4n) is 2.60. The first-order valence-corrected chi connectivity index (χ1v) is 6.35. The second-order valence-electron chi connectivity index (χ2n) is 4.75. The zero-order valence-electron chi connectivity index (χ0n) is 10.6. The van der Waals surface area contributed by atoms with Crippen LogP contribution >= 0.6 is 0 Å². The van der Waals surface area contributed by atoms with Crippen LogP contribution in [0.3, 0.4) is 0 Å². The largest absolute Gasteiger partial charge is 0.383 e. The van der Waals surface area contributed by atoms with Crippen molar-refractivity contribution in [3.05, 3.63) is 35.4 Å². The van der Waals surface area contributed by atoms with E-state index < -0.39 is 0 Å². The van der Waals surface area contributed by atoms with Crippen LogP contribution < -0.4 is 11.1 Å². The number of ether oxygens (including phenoxy) is 1. The lowest BCUT2D eigenvalue weighted by atomic mass is 10.1. The number of nitrogens with one attached hydrogen (secondary N) is 1. The van der Waals surface area contributed by atoms with E-state index in [4.69, 9.17) is 10.5 Å². The van der Waals surface area contributed by atoms with Crippen molar-refractivity contribution in [3.8, 4) is 0 Å². The molecule has 3 nitrogen and oxygen atoms in total. The van der Waals surface area contributed by atoms with Crippen molar-refractivity contribution in [2.24, 2.45) is 5.73 Å². The van der Waals surface area contributed by atoms with Crippen LogP contribution in [0, 0.1) is 0 Å². The molecule has 3 unspecified atom stereocenters. The summed E-state index contributed by atoms with van der Waals surface area (Å²) in [7, 11) is 1.75. The van der Waals surface area contributed by atoms with Gasteiger partial charge in [0.1, 0.15) is 0 Å². The summed E-state index contributed by atoms with van der Waals surface area (Å²) in [6, 6.07) is 9.42. The van der Waals surface area contributed by atoms with Gasteiger partial charge in [-0.25, -0.2) is 0 Å². The molecule has 1 aliphatic rings. The molecule has 0 amide bonds. The van der Waals surface area contributed by atoms with Crippen molar-refractivity contribution >= 4 is 0 Å². The first kappa shape index (κ1) is 12.6. The van der Waals surface area contributed by atoms with E-state index in [0.717, 1.165) is 19.4 Å². The number of nitrogens with two attached hydrogens (primary N) is 1. The number of methoxy groups -OCH3 is 1. The minimum absolute atomic E-state index is 0.170. The predicted octanol–water partition coefficient (Wildman–Crippen LogP) is 2.15. The predicted molar refractivity (Wildman–Crippen MR) is 69.8 cm³/mol. The molecule has 0 fully saturated rings. The Hall–Kier alpha value is -0.900. The van der Waals surface area contributed by atoms with Crippen molar-refractivity contribution in [1.29, 1.82) is 0 Å². The number of benzene rings is 1. The average molecular weight is 234 g/mol. The summed E-state index contributed by atoms with van der Waals surface area (Å²) < 4.78 is 5.23. The standard InChI is InChI=1S/C14H22N2O/c1-3-10(9-17-2)16-14-8-13(15)11-6-4-5-7-12(11)14/h4-7,10,13-14,16H,3,8-9,15H2,1-2H3. The van der Waals surface area contributed by atoms with Crippen molar-refractivity contribution in [3.63, 3.8) is 0 Å². The third kappa shape index (κ3) is 2.68. The van der Waals surface area contributed by atoms with Gasteiger partial charge >= 0.3 is 0 Å². The molecule has 94 valence electrons. The second kappa shape index (κ2) is 5.63. The van der Waals surface area contributed by atoms with Crippen LogP contribution in [0.4, 0.5) is 0 Å². The Labute approximate surface area is 103 Å². The molecule has 3 heteroatoms. The first-order valence-electron chi connectivity index (χ1n) is 6.35. The average Bonchev–Trinajstić information content (AvgIpc) is 2.66. The second-order valence-corrected chi connectivity index (χ2v) is 4.75. The van der Waals surface area contributed by atoms with Gasteiger partial charge in [-0.05, 0) is 24.0 Å². The molecule has 2 rings (SSSR count). The van der Waals surface area contributed by atoms with E-state index in [1.54, 1.807) is 7.11 Å². The maximum Gasteiger partial charge on any atom is 0.0615 e. The molecular formula is C14H22N2O. The highest BCUT2D eigenvalue weighted by molar-refractivity contribution is 5.37. The van der Waals surface area contributed by atoms with Crippen molar-refractivity contribution in [2.45, 2.75) is 37.9 Å². The molecule has 0 aromatic heterocycles. The Balaban J connectivity index is 2.09. The number of hydrogen-bond donors (Lipinski definition) is 2. The summed E-state index contributed by atoms with van der Waals surface area (Å²) >= 11 is 0. The van der Waals surface area contributed by atoms with Crippen LogP contribution in [0.25, 0.3) is 0 Å². The lowest BCUT2D eigenvalue weighted by Gasteiger charge is -2.22. The number of rotatable bonds is 5. The molecule has 17 heavy (non-hydrogen) atoms. The Kier molecular flexibility index (Phi) is 4.15. The Morgan fingerprint density at radius 3 is 2.76 bits per heavy atom. The summed E-state index contributed by atoms with van der Waals surface area (Å²) in [6.45, 7) is 2.93. The molecule has 0 spiro atoms. The van der Waals surface area contributed by atoms with Crippen LogP contribution in [-0.4, -0.2) is 19.8 Å². The van der Waals surface area contributed by atoms with E-state index >= 15 is 0 Å². The molecule has 0 radical (unpaired) electrons. The fourth-order valence-corrected chi connectivity index (χ4v) is 2.60. The van der Waals surface area contributed by atoms with Gasteiger partial charge in [0.15, 0.2) is 0 Å². The highest BCUT2D eigenvalue weighted by atomic mass is 16.5. The molecule has 3 N–H and O–H groups in total. The minimum atomic E-state index is 0.170. The van der Waals surface area contributed by atoms with Crippen molar-refractivity contribution in [2.75, 3.05) is 13.7 Å². The van der Waals surface area contributed by atoms with E-state index in [1.165, 1.54) is 11.1 Å². The minimum Gasteiger partial charge on any atom is -0.383 e. The van der Waals surface area contributed by atoms with Crippen LogP contribution in [-0.2, 0) is 4.74 Å². The first-order chi connectivity index (χ1) is 8.26. The monoisotopic (exact) mass is 234 g/mol. The number of hydrogen-bond acceptors (Lipinski definition) is 3. The highest BCUT2D eigenvalue weighted by Gasteiger charge is 2.29. The quantitative estimate of drug-likeness (QED) is 0.820. The molecule has 1 aliphatic carbocycles. The van der Waals surface area contributed by atoms with Gasteiger partial charge in [-0.15, -0.1) is 0 Å². The maximum absolute atomic E-state index is 6.16. The van der Waals surface area contributed by atoms with Crippen molar-refractivity contribution < 1.29 is 4.74 Å².